The van der Waals surface area contributed by atoms with Crippen molar-refractivity contribution in [3.05, 3.63) is 248 Å². The molecule has 0 saturated carbocycles. The molecule has 7 heteroatoms. The van der Waals surface area contributed by atoms with Gasteiger partial charge in [-0.05, 0) is 192 Å². The zero-order valence-electron chi connectivity index (χ0n) is 54.0. The van der Waals surface area contributed by atoms with Gasteiger partial charge in [0.25, 0.3) is 11.1 Å². The van der Waals surface area contributed by atoms with Crippen molar-refractivity contribution in [2.75, 3.05) is 0 Å². The number of benzene rings is 7. The van der Waals surface area contributed by atoms with Gasteiger partial charge >= 0.3 is 0 Å². The standard InChI is InChI=1S/C83H77N5O2/c1-78(2)46-81(7,8)71-67(78)26-19-27-68-64-31-28-49(40-52(64)34-37-86(68)71)58-20-13-16-23-61(58)55-43-56(62-24-17-14-21-59(62)50-29-32-65-53(41-50)35-38-87-72-69(76(89)84-74(65)87)79(3,4)47-82(72,9)10)45-57(44-55)63-25-18-15-22-60(63)51-30-33-66-54(42-51)36-39-88-73-70(77(90)85-75(66)88)80(5,6)48-83(73,11)12/h13-18,20-25,27-45H,19,26,46-48H2,1-12H3. The lowest BCUT2D eigenvalue weighted by atomic mass is 9.79. The fourth-order valence-corrected chi connectivity index (χ4v) is 18.5. The highest BCUT2D eigenvalue weighted by Gasteiger charge is 2.49. The van der Waals surface area contributed by atoms with Crippen LogP contribution in [0.1, 0.15) is 149 Å². The van der Waals surface area contributed by atoms with Crippen LogP contribution in [-0.4, -0.2) is 23.7 Å². The van der Waals surface area contributed by atoms with Gasteiger partial charge in [0.1, 0.15) is 11.3 Å². The van der Waals surface area contributed by atoms with E-state index < -0.39 is 0 Å². The number of allylic oxidation sites excluding steroid dienone is 3. The van der Waals surface area contributed by atoms with Gasteiger partial charge in [-0.3, -0.25) is 9.59 Å². The number of fused-ring (bicyclic) bond motifs is 14. The largest absolute Gasteiger partial charge is 0.320 e. The smallest absolute Gasteiger partial charge is 0.277 e. The van der Waals surface area contributed by atoms with Gasteiger partial charge < -0.3 is 13.7 Å². The van der Waals surface area contributed by atoms with Crippen molar-refractivity contribution in [2.45, 2.75) is 137 Å². The quantitative estimate of drug-likeness (QED) is 0.155. The van der Waals surface area contributed by atoms with Crippen LogP contribution < -0.4 is 11.1 Å². The van der Waals surface area contributed by atoms with Gasteiger partial charge in [0.2, 0.25) is 0 Å². The molecule has 0 amide bonds. The SMILES string of the molecule is CC1(C)CC(C)(C)C2=C1CCC=C1c3ccc(-c4ccccc4-c4cc(-c5ccccc5-c5ccc6c(ccn7c8c(c(=O)nc67)C(C)(C)CC8(C)C)c5)cc(-c5ccccc5-c5ccc6c(ccn7c8c(c(=O)nc67)C(C)(C)CC8(C)C)c5)c4)cc3C=CN12. The van der Waals surface area contributed by atoms with Crippen LogP contribution in [0.2, 0.25) is 0 Å². The molecule has 6 heterocycles. The van der Waals surface area contributed by atoms with E-state index >= 15 is 0 Å². The van der Waals surface area contributed by atoms with Gasteiger partial charge in [0, 0.05) is 85.1 Å². The summed E-state index contributed by atoms with van der Waals surface area (Å²) in [7, 11) is 0. The highest BCUT2D eigenvalue weighted by atomic mass is 16.1. The summed E-state index contributed by atoms with van der Waals surface area (Å²) in [6, 6.07) is 58.4. The molecule has 0 fully saturated rings. The second-order valence-electron chi connectivity index (χ2n) is 30.6. The first-order valence-corrected chi connectivity index (χ1v) is 32.4. The number of aromatic nitrogens is 4. The number of hydrogen-bond acceptors (Lipinski definition) is 5. The van der Waals surface area contributed by atoms with Crippen LogP contribution in [0.25, 0.3) is 111 Å². The number of nitrogens with zero attached hydrogens (tertiary/aromatic N) is 5. The normalized spacial score (nSPS) is 18.6. The summed E-state index contributed by atoms with van der Waals surface area (Å²) in [4.78, 5) is 40.2. The van der Waals surface area contributed by atoms with E-state index in [2.05, 4.69) is 285 Å². The molecular formula is C83H77N5O2. The molecule has 7 aromatic carbocycles. The van der Waals surface area contributed by atoms with Crippen molar-refractivity contribution in [3.63, 3.8) is 0 Å². The number of hydrogen-bond donors (Lipinski definition) is 0. The van der Waals surface area contributed by atoms with Gasteiger partial charge in [0.15, 0.2) is 0 Å². The molecule has 90 heavy (non-hydrogen) atoms. The van der Waals surface area contributed by atoms with E-state index in [1.54, 1.807) is 5.57 Å². The summed E-state index contributed by atoms with van der Waals surface area (Å²) in [5, 5.41) is 3.96. The first kappa shape index (κ1) is 56.1. The minimum atomic E-state index is -0.264. The van der Waals surface area contributed by atoms with Crippen LogP contribution in [0.3, 0.4) is 0 Å². The Balaban J connectivity index is 0.851. The topological polar surface area (TPSA) is 72.0 Å². The third-order valence-electron chi connectivity index (χ3n) is 21.2. The summed E-state index contributed by atoms with van der Waals surface area (Å²) < 4.78 is 4.37. The van der Waals surface area contributed by atoms with Crippen LogP contribution in [0, 0.1) is 10.8 Å². The lowest BCUT2D eigenvalue weighted by Gasteiger charge is -2.36. The lowest BCUT2D eigenvalue weighted by Crippen LogP contribution is -2.26. The molecule has 2 aliphatic heterocycles. The fraction of sp³-hybridized carbons (Fsp3) is 0.277. The zero-order chi connectivity index (χ0) is 62.3. The Labute approximate surface area is 527 Å². The number of rotatable bonds is 6. The summed E-state index contributed by atoms with van der Waals surface area (Å²) in [5.41, 5.74) is 24.5. The molecular weight excluding hydrogens is 1100 g/mol. The Bertz CT molecular complexity index is 4990. The molecule has 4 aromatic heterocycles. The van der Waals surface area contributed by atoms with Crippen LogP contribution >= 0.6 is 0 Å². The maximum absolute atomic E-state index is 14.0. The van der Waals surface area contributed by atoms with Crippen molar-refractivity contribution in [2.24, 2.45) is 10.8 Å². The first-order valence-electron chi connectivity index (χ1n) is 32.4. The van der Waals surface area contributed by atoms with E-state index in [1.807, 2.05) is 0 Å². The molecule has 0 N–H and O–H groups in total. The molecule has 0 unspecified atom stereocenters. The van der Waals surface area contributed by atoms with Crippen molar-refractivity contribution in [1.29, 1.82) is 0 Å². The van der Waals surface area contributed by atoms with Crippen molar-refractivity contribution < 1.29 is 0 Å². The molecule has 0 bridgehead atoms. The third-order valence-corrected chi connectivity index (χ3v) is 21.2. The van der Waals surface area contributed by atoms with Crippen molar-refractivity contribution >= 4 is 44.6 Å². The van der Waals surface area contributed by atoms with Gasteiger partial charge in [0.05, 0.1) is 0 Å². The molecule has 5 aliphatic rings. The third kappa shape index (κ3) is 8.43. The summed E-state index contributed by atoms with van der Waals surface area (Å²) in [6.45, 7) is 27.4. The summed E-state index contributed by atoms with van der Waals surface area (Å²) >= 11 is 0. The highest BCUT2D eigenvalue weighted by Crippen LogP contribution is 2.59. The van der Waals surface area contributed by atoms with Gasteiger partial charge in [-0.25, -0.2) is 0 Å². The van der Waals surface area contributed by atoms with E-state index in [9.17, 15) is 9.59 Å². The zero-order valence-corrected chi connectivity index (χ0v) is 54.0. The Morgan fingerprint density at radius 2 is 0.811 bits per heavy atom. The molecule has 11 aromatic rings. The minimum Gasteiger partial charge on any atom is -0.320 e. The lowest BCUT2D eigenvalue weighted by molar-refractivity contribution is 0.293. The van der Waals surface area contributed by atoms with Gasteiger partial charge in [-0.2, -0.15) is 9.97 Å². The highest BCUT2D eigenvalue weighted by molar-refractivity contribution is 6.01. The van der Waals surface area contributed by atoms with E-state index in [-0.39, 0.29) is 43.6 Å². The average molecular weight is 1180 g/mol. The van der Waals surface area contributed by atoms with E-state index in [4.69, 9.17) is 9.97 Å². The fourth-order valence-electron chi connectivity index (χ4n) is 18.5. The van der Waals surface area contributed by atoms with Crippen molar-refractivity contribution in [3.8, 4) is 66.8 Å². The molecule has 3 aliphatic carbocycles. The van der Waals surface area contributed by atoms with E-state index in [0.717, 1.165) is 132 Å². The summed E-state index contributed by atoms with van der Waals surface area (Å²) in [5.74, 6) is 0. The first-order chi connectivity index (χ1) is 42.9. The molecule has 16 rings (SSSR count). The maximum atomic E-state index is 14.0. The molecule has 0 radical (unpaired) electrons. The van der Waals surface area contributed by atoms with E-state index in [0.29, 0.717) is 11.3 Å². The van der Waals surface area contributed by atoms with E-state index in [1.165, 1.54) is 33.6 Å². The Morgan fingerprint density at radius 1 is 0.400 bits per heavy atom. The second kappa shape index (κ2) is 19.2. The van der Waals surface area contributed by atoms with Crippen LogP contribution in [0.4, 0.5) is 0 Å². The monoisotopic (exact) mass is 1180 g/mol. The summed E-state index contributed by atoms with van der Waals surface area (Å²) in [6.07, 6.45) is 16.4. The molecule has 7 nitrogen and oxygen atoms in total. The molecule has 446 valence electrons. The Hall–Kier alpha value is -9.20. The molecule has 0 saturated heterocycles. The molecule has 0 spiro atoms. The van der Waals surface area contributed by atoms with Crippen LogP contribution in [0.15, 0.2) is 203 Å². The maximum Gasteiger partial charge on any atom is 0.277 e. The van der Waals surface area contributed by atoms with Gasteiger partial charge in [-0.15, -0.1) is 0 Å². The molecule has 0 atom stereocenters. The van der Waals surface area contributed by atoms with Crippen LogP contribution in [0.5, 0.6) is 0 Å². The Kier molecular flexibility index (Phi) is 11.9. The predicted molar refractivity (Wildman–Crippen MR) is 373 cm³/mol. The minimum absolute atomic E-state index is 0.0695. The van der Waals surface area contributed by atoms with Gasteiger partial charge in [-0.1, -0.05) is 198 Å². The predicted octanol–water partition coefficient (Wildman–Crippen LogP) is 20.1. The second-order valence-corrected chi connectivity index (χ2v) is 30.6. The Morgan fingerprint density at radius 3 is 1.27 bits per heavy atom. The number of pyridine rings is 2. The van der Waals surface area contributed by atoms with Crippen LogP contribution in [-0.2, 0) is 21.7 Å². The van der Waals surface area contributed by atoms with Crippen molar-refractivity contribution in [1.82, 2.24) is 23.7 Å². The average Bonchev–Trinajstić information content (AvgIpc) is 1.52.